The zero-order valence-electron chi connectivity index (χ0n) is 14.4. The molecule has 28 heavy (non-hydrogen) atoms. The first-order valence-corrected chi connectivity index (χ1v) is 9.90. The molecule has 0 atom stereocenters. The van der Waals surface area contributed by atoms with Gasteiger partial charge in [0.1, 0.15) is 11.3 Å². The molecule has 1 aliphatic carbocycles. The van der Waals surface area contributed by atoms with Crippen molar-refractivity contribution in [1.82, 2.24) is 0 Å². The molecule has 0 saturated heterocycles. The standard InChI is InChI=1S/C20H10I2O5.Na/c21-14-8-13-16(10-3-1-2-4-11(10)20(25)26)12-6-5-9(23)7-15(12)27-19(13)17(22)18(14)24;/h1-8,24H,(H,25,26);/q;+1/p-2. The smallest absolute Gasteiger partial charge is 0.871 e. The number of carbonyl (C=O) groups excluding carboxylic acids is 1. The first-order valence-electron chi connectivity index (χ1n) is 7.75. The number of halogens is 2. The van der Waals surface area contributed by atoms with Gasteiger partial charge >= 0.3 is 29.6 Å². The monoisotopic (exact) mass is 605 g/mol. The quantitative estimate of drug-likeness (QED) is 0.185. The minimum absolute atomic E-state index is 0. The van der Waals surface area contributed by atoms with Crippen LogP contribution >= 0.6 is 45.2 Å². The van der Waals surface area contributed by atoms with Crippen molar-refractivity contribution in [1.29, 1.82) is 0 Å². The van der Waals surface area contributed by atoms with E-state index in [4.69, 9.17) is 4.42 Å². The third kappa shape index (κ3) is 3.58. The van der Waals surface area contributed by atoms with Gasteiger partial charge in [0.15, 0.2) is 5.43 Å². The minimum Gasteiger partial charge on any atom is -0.871 e. The van der Waals surface area contributed by atoms with Gasteiger partial charge < -0.3 is 19.4 Å². The Balaban J connectivity index is 0.00000225. The fourth-order valence-electron chi connectivity index (χ4n) is 3.09. The van der Waals surface area contributed by atoms with Crippen LogP contribution in [0.2, 0.25) is 0 Å². The molecule has 1 heterocycles. The van der Waals surface area contributed by atoms with Gasteiger partial charge in [0, 0.05) is 35.3 Å². The summed E-state index contributed by atoms with van der Waals surface area (Å²) in [6.45, 7) is 0. The molecule has 0 spiro atoms. The fraction of sp³-hybridized carbons (Fsp3) is 0. The Kier molecular flexibility index (Phi) is 6.40. The third-order valence-corrected chi connectivity index (χ3v) is 6.03. The molecule has 5 nitrogen and oxygen atoms in total. The van der Waals surface area contributed by atoms with Crippen LogP contribution in [-0.4, -0.2) is 5.97 Å². The summed E-state index contributed by atoms with van der Waals surface area (Å²) in [5.74, 6) is -1.20. The molecular formula is C20H8I2NaO5-. The van der Waals surface area contributed by atoms with Crippen LogP contribution in [-0.2, 0) is 0 Å². The molecule has 0 N–H and O–H groups in total. The van der Waals surface area contributed by atoms with Crippen molar-refractivity contribution >= 4 is 62.1 Å². The van der Waals surface area contributed by atoms with Gasteiger partial charge in [-0.1, -0.05) is 30.0 Å². The van der Waals surface area contributed by atoms with E-state index in [1.165, 1.54) is 18.2 Å². The van der Waals surface area contributed by atoms with Crippen molar-refractivity contribution < 1.29 is 49.0 Å². The summed E-state index contributed by atoms with van der Waals surface area (Å²) in [7, 11) is 0. The normalized spacial score (nSPS) is 10.8. The van der Waals surface area contributed by atoms with Crippen LogP contribution in [0.25, 0.3) is 33.4 Å². The van der Waals surface area contributed by atoms with Gasteiger partial charge in [-0.3, -0.25) is 4.79 Å². The summed E-state index contributed by atoms with van der Waals surface area (Å²) in [4.78, 5) is 23.5. The van der Waals surface area contributed by atoms with Crippen LogP contribution in [0.1, 0.15) is 10.4 Å². The van der Waals surface area contributed by atoms with Gasteiger partial charge in [0.2, 0.25) is 0 Å². The van der Waals surface area contributed by atoms with Crippen molar-refractivity contribution in [2.75, 3.05) is 0 Å². The molecule has 1 aliphatic heterocycles. The van der Waals surface area contributed by atoms with Crippen LogP contribution in [0.5, 0.6) is 5.75 Å². The molecule has 2 aromatic rings. The van der Waals surface area contributed by atoms with E-state index in [0.29, 0.717) is 34.8 Å². The molecule has 0 bridgehead atoms. The van der Waals surface area contributed by atoms with Gasteiger partial charge in [0.25, 0.3) is 0 Å². The van der Waals surface area contributed by atoms with Gasteiger partial charge in [-0.2, -0.15) is 0 Å². The maximum atomic E-state index is 12.4. The van der Waals surface area contributed by atoms with Gasteiger partial charge in [-0.25, -0.2) is 0 Å². The number of hydrogen-bond acceptors (Lipinski definition) is 5. The van der Waals surface area contributed by atoms with Crippen molar-refractivity contribution in [2.24, 2.45) is 0 Å². The first kappa shape index (κ1) is 21.6. The molecule has 134 valence electrons. The van der Waals surface area contributed by atoms with Crippen LogP contribution in [0.15, 0.2) is 57.7 Å². The third-order valence-electron chi connectivity index (χ3n) is 4.25. The second kappa shape index (κ2) is 8.31. The molecule has 0 amide bonds. The number of carboxylic acid groups (broad SMARTS) is 1. The second-order valence-corrected chi connectivity index (χ2v) is 8.09. The Hall–Kier alpha value is -1.14. The van der Waals surface area contributed by atoms with Crippen molar-refractivity contribution in [3.63, 3.8) is 0 Å². The van der Waals surface area contributed by atoms with Gasteiger partial charge in [0.05, 0.1) is 5.97 Å². The fourth-order valence-corrected chi connectivity index (χ4v) is 4.88. The van der Waals surface area contributed by atoms with E-state index in [0.717, 1.165) is 0 Å². The molecular weight excluding hydrogens is 597 g/mol. The molecule has 2 aromatic carbocycles. The summed E-state index contributed by atoms with van der Waals surface area (Å²) in [5.41, 5.74) is 1.71. The maximum absolute atomic E-state index is 12.4. The first-order chi connectivity index (χ1) is 12.9. The number of rotatable bonds is 2. The Morgan fingerprint density at radius 1 is 1.00 bits per heavy atom. The molecule has 0 saturated carbocycles. The van der Waals surface area contributed by atoms with E-state index in [1.807, 2.05) is 45.2 Å². The van der Waals surface area contributed by atoms with E-state index in [2.05, 4.69) is 0 Å². The van der Waals surface area contributed by atoms with Gasteiger partial charge in [-0.15, -0.1) is 0 Å². The van der Waals surface area contributed by atoms with Crippen LogP contribution in [0.3, 0.4) is 0 Å². The summed E-state index contributed by atoms with van der Waals surface area (Å²) in [6.07, 6.45) is 0. The van der Waals surface area contributed by atoms with E-state index in [9.17, 15) is 19.8 Å². The number of carboxylic acids is 1. The molecule has 4 rings (SSSR count). The summed E-state index contributed by atoms with van der Waals surface area (Å²) >= 11 is 3.86. The molecule has 2 aliphatic rings. The number of carbonyl (C=O) groups is 1. The summed E-state index contributed by atoms with van der Waals surface area (Å²) in [6, 6.07) is 12.5. The molecule has 0 radical (unpaired) electrons. The number of hydrogen-bond donors (Lipinski definition) is 0. The Morgan fingerprint density at radius 3 is 2.43 bits per heavy atom. The molecule has 0 aromatic heterocycles. The van der Waals surface area contributed by atoms with E-state index >= 15 is 0 Å². The van der Waals surface area contributed by atoms with E-state index in [1.54, 1.807) is 30.3 Å². The summed E-state index contributed by atoms with van der Waals surface area (Å²) < 4.78 is 6.75. The largest absolute Gasteiger partial charge is 1.00 e. The molecule has 0 unspecified atom stereocenters. The maximum Gasteiger partial charge on any atom is 1.00 e. The zero-order valence-corrected chi connectivity index (χ0v) is 20.7. The van der Waals surface area contributed by atoms with Crippen molar-refractivity contribution in [3.05, 3.63) is 71.5 Å². The van der Waals surface area contributed by atoms with E-state index < -0.39 is 5.97 Å². The topological polar surface area (TPSA) is 93.4 Å². The van der Waals surface area contributed by atoms with E-state index in [-0.39, 0.29) is 52.1 Å². The predicted octanol–water partition coefficient (Wildman–Crippen LogP) is 0.215. The van der Waals surface area contributed by atoms with Crippen LogP contribution in [0.4, 0.5) is 0 Å². The number of aromatic carboxylic acids is 1. The predicted molar refractivity (Wildman–Crippen MR) is 114 cm³/mol. The van der Waals surface area contributed by atoms with Crippen molar-refractivity contribution in [3.8, 4) is 28.2 Å². The Bertz CT molecular complexity index is 1270. The summed E-state index contributed by atoms with van der Waals surface area (Å²) in [5, 5.41) is 24.6. The van der Waals surface area contributed by atoms with Crippen LogP contribution < -0.4 is 45.2 Å². The average Bonchev–Trinajstić information content (AvgIpc) is 2.65. The molecule has 8 heteroatoms. The SMILES string of the molecule is O=C([O-])c1ccccc1-c1c2ccc(=O)cc-2oc2c(I)c([O-])c(I)cc12.[Na+]. The molecule has 0 fully saturated rings. The van der Waals surface area contributed by atoms with Gasteiger partial charge in [-0.05, 0) is 68.9 Å². The van der Waals surface area contributed by atoms with Crippen molar-refractivity contribution in [2.45, 2.75) is 0 Å². The number of benzene rings is 3. The second-order valence-electron chi connectivity index (χ2n) is 5.85. The minimum atomic E-state index is -1.31. The Morgan fingerprint density at radius 2 is 1.71 bits per heavy atom. The Labute approximate surface area is 208 Å². The zero-order chi connectivity index (χ0) is 19.3. The number of fused-ring (bicyclic) bond motifs is 2. The average molecular weight is 605 g/mol. The van der Waals surface area contributed by atoms with Crippen LogP contribution in [0, 0.1) is 7.14 Å².